The Labute approximate surface area is 149 Å². The summed E-state index contributed by atoms with van der Waals surface area (Å²) in [7, 11) is 0. The third-order valence-electron chi connectivity index (χ3n) is 4.45. The van der Waals surface area contributed by atoms with Gasteiger partial charge in [-0.3, -0.25) is 9.69 Å². The first-order chi connectivity index (χ1) is 11.8. The van der Waals surface area contributed by atoms with Gasteiger partial charge in [0.1, 0.15) is 5.76 Å². The molecule has 1 aliphatic heterocycles. The molecule has 3 rings (SSSR count). The van der Waals surface area contributed by atoms with Crippen LogP contribution in [0.1, 0.15) is 50.6 Å². The molecule has 0 bridgehead atoms. The second-order valence-electron chi connectivity index (χ2n) is 7.55. The van der Waals surface area contributed by atoms with E-state index in [1.165, 1.54) is 5.56 Å². The zero-order valence-electron chi connectivity index (χ0n) is 15.3. The minimum absolute atomic E-state index is 0.0162. The standard InChI is InChI=1S/C22H25NO2/c1-16-14-20(24)23(15-17-8-6-5-7-9-17)21(25-16)18-10-12-19(13-11-18)22(2,3)4/h5-14,21H,15H2,1-4H3. The van der Waals surface area contributed by atoms with Gasteiger partial charge in [0.25, 0.3) is 5.91 Å². The predicted molar refractivity (Wildman–Crippen MR) is 99.7 cm³/mol. The van der Waals surface area contributed by atoms with Crippen molar-refractivity contribution in [2.24, 2.45) is 0 Å². The highest BCUT2D eigenvalue weighted by atomic mass is 16.5. The van der Waals surface area contributed by atoms with Crippen molar-refractivity contribution in [3.05, 3.63) is 83.1 Å². The Balaban J connectivity index is 1.91. The number of hydrogen-bond donors (Lipinski definition) is 0. The van der Waals surface area contributed by atoms with Crippen LogP contribution in [0.4, 0.5) is 0 Å². The lowest BCUT2D eigenvalue weighted by molar-refractivity contribution is -0.143. The Morgan fingerprint density at radius 1 is 1.00 bits per heavy atom. The van der Waals surface area contributed by atoms with E-state index in [0.717, 1.165) is 11.1 Å². The number of rotatable bonds is 3. The third kappa shape index (κ3) is 3.93. The van der Waals surface area contributed by atoms with Crippen LogP contribution in [0, 0.1) is 0 Å². The van der Waals surface area contributed by atoms with E-state index in [1.54, 1.807) is 11.0 Å². The molecule has 2 aromatic rings. The average molecular weight is 335 g/mol. The molecule has 1 aliphatic rings. The molecule has 0 radical (unpaired) electrons. The molecule has 0 aliphatic carbocycles. The van der Waals surface area contributed by atoms with Crippen LogP contribution in [0.2, 0.25) is 0 Å². The molecular formula is C22H25NO2. The van der Waals surface area contributed by atoms with Gasteiger partial charge >= 0.3 is 0 Å². The highest BCUT2D eigenvalue weighted by molar-refractivity contribution is 5.88. The summed E-state index contributed by atoms with van der Waals surface area (Å²) >= 11 is 0. The van der Waals surface area contributed by atoms with Crippen molar-refractivity contribution in [1.82, 2.24) is 4.90 Å². The molecule has 130 valence electrons. The van der Waals surface area contributed by atoms with Gasteiger partial charge in [0.2, 0.25) is 6.23 Å². The van der Waals surface area contributed by atoms with Crippen LogP contribution in [0.15, 0.2) is 66.4 Å². The van der Waals surface area contributed by atoms with Crippen molar-refractivity contribution in [1.29, 1.82) is 0 Å². The summed E-state index contributed by atoms with van der Waals surface area (Å²) in [6, 6.07) is 18.4. The van der Waals surface area contributed by atoms with Crippen LogP contribution in [0.25, 0.3) is 0 Å². The molecule has 0 aromatic heterocycles. The first kappa shape index (κ1) is 17.3. The van der Waals surface area contributed by atoms with E-state index in [-0.39, 0.29) is 11.3 Å². The largest absolute Gasteiger partial charge is 0.471 e. The van der Waals surface area contributed by atoms with E-state index in [4.69, 9.17) is 4.74 Å². The Hall–Kier alpha value is -2.55. The monoisotopic (exact) mass is 335 g/mol. The minimum atomic E-state index is -0.397. The van der Waals surface area contributed by atoms with Gasteiger partial charge in [-0.05, 0) is 23.5 Å². The van der Waals surface area contributed by atoms with E-state index < -0.39 is 6.23 Å². The maximum atomic E-state index is 12.6. The summed E-state index contributed by atoms with van der Waals surface area (Å²) in [6.07, 6.45) is 1.16. The van der Waals surface area contributed by atoms with Gasteiger partial charge in [-0.1, -0.05) is 75.4 Å². The van der Waals surface area contributed by atoms with Gasteiger partial charge in [0.05, 0.1) is 0 Å². The SMILES string of the molecule is CC1=CC(=O)N(Cc2ccccc2)C(c2ccc(C(C)(C)C)cc2)O1. The van der Waals surface area contributed by atoms with Gasteiger partial charge in [0, 0.05) is 18.2 Å². The molecule has 25 heavy (non-hydrogen) atoms. The zero-order valence-corrected chi connectivity index (χ0v) is 15.3. The van der Waals surface area contributed by atoms with Crippen molar-refractivity contribution in [2.45, 2.75) is 45.9 Å². The topological polar surface area (TPSA) is 29.5 Å². The fourth-order valence-corrected chi connectivity index (χ4v) is 2.98. The first-order valence-electron chi connectivity index (χ1n) is 8.64. The highest BCUT2D eigenvalue weighted by Gasteiger charge is 2.30. The van der Waals surface area contributed by atoms with Crippen LogP contribution >= 0.6 is 0 Å². The van der Waals surface area contributed by atoms with Crippen LogP contribution < -0.4 is 0 Å². The Kier molecular flexibility index (Phi) is 4.67. The molecular weight excluding hydrogens is 310 g/mol. The van der Waals surface area contributed by atoms with Gasteiger partial charge in [-0.2, -0.15) is 0 Å². The second kappa shape index (κ2) is 6.75. The Morgan fingerprint density at radius 3 is 2.24 bits per heavy atom. The molecule has 1 unspecified atom stereocenters. The van der Waals surface area contributed by atoms with Crippen LogP contribution in [0.5, 0.6) is 0 Å². The number of allylic oxidation sites excluding steroid dienone is 1. The smallest absolute Gasteiger partial charge is 0.253 e. The summed E-state index contributed by atoms with van der Waals surface area (Å²) in [4.78, 5) is 14.4. The number of carbonyl (C=O) groups is 1. The number of amides is 1. The maximum Gasteiger partial charge on any atom is 0.253 e. The highest BCUT2D eigenvalue weighted by Crippen LogP contribution is 2.32. The number of hydrogen-bond acceptors (Lipinski definition) is 2. The van der Waals surface area contributed by atoms with Gasteiger partial charge in [-0.25, -0.2) is 0 Å². The average Bonchev–Trinajstić information content (AvgIpc) is 2.57. The van der Waals surface area contributed by atoms with Gasteiger partial charge < -0.3 is 4.74 Å². The van der Waals surface area contributed by atoms with Crippen LogP contribution in [-0.2, 0) is 21.5 Å². The summed E-state index contributed by atoms with van der Waals surface area (Å²) in [5.41, 5.74) is 3.44. The van der Waals surface area contributed by atoms with Gasteiger partial charge in [0.15, 0.2) is 0 Å². The molecule has 2 aromatic carbocycles. The molecule has 0 fully saturated rings. The third-order valence-corrected chi connectivity index (χ3v) is 4.45. The number of ether oxygens (including phenoxy) is 1. The second-order valence-corrected chi connectivity index (χ2v) is 7.55. The minimum Gasteiger partial charge on any atom is -0.471 e. The molecule has 0 N–H and O–H groups in total. The Bertz CT molecular complexity index is 770. The van der Waals surface area contributed by atoms with E-state index in [1.807, 2.05) is 37.3 Å². The lowest BCUT2D eigenvalue weighted by Crippen LogP contribution is -2.37. The lowest BCUT2D eigenvalue weighted by Gasteiger charge is -2.35. The number of carbonyl (C=O) groups excluding carboxylic acids is 1. The molecule has 3 nitrogen and oxygen atoms in total. The van der Waals surface area contributed by atoms with Crippen LogP contribution in [0.3, 0.4) is 0 Å². The van der Waals surface area contributed by atoms with Gasteiger partial charge in [-0.15, -0.1) is 0 Å². The number of nitrogens with zero attached hydrogens (tertiary/aromatic N) is 1. The molecule has 1 heterocycles. The van der Waals surface area contributed by atoms with Crippen molar-refractivity contribution in [2.75, 3.05) is 0 Å². The summed E-state index contributed by atoms with van der Waals surface area (Å²) in [5.74, 6) is 0.636. The summed E-state index contributed by atoms with van der Waals surface area (Å²) < 4.78 is 6.02. The van der Waals surface area contributed by atoms with Crippen LogP contribution in [-0.4, -0.2) is 10.8 Å². The van der Waals surface area contributed by atoms with E-state index in [0.29, 0.717) is 12.3 Å². The normalized spacial score (nSPS) is 17.9. The van der Waals surface area contributed by atoms with E-state index in [2.05, 4.69) is 45.0 Å². The maximum absolute atomic E-state index is 12.6. The van der Waals surface area contributed by atoms with E-state index >= 15 is 0 Å². The zero-order chi connectivity index (χ0) is 18.0. The molecule has 0 saturated heterocycles. The molecule has 3 heteroatoms. The fourth-order valence-electron chi connectivity index (χ4n) is 2.98. The summed E-state index contributed by atoms with van der Waals surface area (Å²) in [6.45, 7) is 8.93. The van der Waals surface area contributed by atoms with E-state index in [9.17, 15) is 4.79 Å². The molecule has 1 atom stereocenters. The Morgan fingerprint density at radius 2 is 1.64 bits per heavy atom. The van der Waals surface area contributed by atoms with Crippen molar-refractivity contribution in [3.63, 3.8) is 0 Å². The van der Waals surface area contributed by atoms with Crippen molar-refractivity contribution >= 4 is 5.91 Å². The summed E-state index contributed by atoms with van der Waals surface area (Å²) in [5, 5.41) is 0. The molecule has 0 spiro atoms. The first-order valence-corrected chi connectivity index (χ1v) is 8.64. The fraction of sp³-hybridized carbons (Fsp3) is 0.318. The quantitative estimate of drug-likeness (QED) is 0.794. The molecule has 1 amide bonds. The lowest BCUT2D eigenvalue weighted by atomic mass is 9.86. The van der Waals surface area contributed by atoms with Crippen molar-refractivity contribution in [3.8, 4) is 0 Å². The molecule has 0 saturated carbocycles. The number of benzene rings is 2. The van der Waals surface area contributed by atoms with Crippen molar-refractivity contribution < 1.29 is 9.53 Å². The predicted octanol–water partition coefficient (Wildman–Crippen LogP) is 4.95.